The second-order valence-corrected chi connectivity index (χ2v) is 7.27. The summed E-state index contributed by atoms with van der Waals surface area (Å²) >= 11 is 0.478. The van der Waals surface area contributed by atoms with Crippen molar-refractivity contribution in [3.05, 3.63) is 12.2 Å². The average Bonchev–Trinajstić information content (AvgIpc) is 2.71. The third-order valence-corrected chi connectivity index (χ3v) is 7.40. The predicted octanol–water partition coefficient (Wildman–Crippen LogP) is 0.0861. The van der Waals surface area contributed by atoms with Gasteiger partial charge in [-0.3, -0.25) is 0 Å². The molecule has 0 amide bonds. The van der Waals surface area contributed by atoms with Crippen LogP contribution in [0.1, 0.15) is 32.6 Å². The standard InChI is InChI=1S/C12H20I/c1-9-7-8-11(12(9)13-2)10-5-3-4-6-10/h3-4,9-12H,5-8H2,1-2H3/q-1. The molecule has 0 N–H and O–H groups in total. The van der Waals surface area contributed by atoms with E-state index < -0.39 is 0 Å². The number of allylic oxidation sites excluding steroid dienone is 2. The molecule has 1 saturated carbocycles. The fourth-order valence-electron chi connectivity index (χ4n) is 3.06. The van der Waals surface area contributed by atoms with Crippen LogP contribution in [-0.4, -0.2) is 8.86 Å². The van der Waals surface area contributed by atoms with E-state index in [1.807, 2.05) is 0 Å². The van der Waals surface area contributed by atoms with E-state index in [1.165, 1.54) is 25.7 Å². The molecule has 3 atom stereocenters. The molecule has 2 rings (SSSR count). The summed E-state index contributed by atoms with van der Waals surface area (Å²) in [6.07, 6.45) is 10.6. The molecule has 3 unspecified atom stereocenters. The third kappa shape index (κ3) is 1.95. The molecule has 0 spiro atoms. The number of rotatable bonds is 2. The molecule has 2 aliphatic rings. The predicted molar refractivity (Wildman–Crippen MR) is 53.5 cm³/mol. The molecule has 0 bridgehead atoms. The van der Waals surface area contributed by atoms with Crippen molar-refractivity contribution in [1.82, 2.24) is 0 Å². The van der Waals surface area contributed by atoms with Crippen molar-refractivity contribution in [1.29, 1.82) is 0 Å². The number of halogens is 1. The van der Waals surface area contributed by atoms with E-state index >= 15 is 0 Å². The molecule has 0 aliphatic heterocycles. The topological polar surface area (TPSA) is 0 Å². The Morgan fingerprint density at radius 2 is 1.85 bits per heavy atom. The zero-order chi connectivity index (χ0) is 9.26. The summed E-state index contributed by atoms with van der Waals surface area (Å²) in [4.78, 5) is 2.49. The van der Waals surface area contributed by atoms with Crippen LogP contribution >= 0.6 is 0 Å². The first-order valence-electron chi connectivity index (χ1n) is 5.46. The van der Waals surface area contributed by atoms with Gasteiger partial charge in [-0.2, -0.15) is 0 Å². The van der Waals surface area contributed by atoms with Gasteiger partial charge in [-0.15, -0.1) is 0 Å². The first kappa shape index (κ1) is 10.0. The Hall–Kier alpha value is 0.470. The van der Waals surface area contributed by atoms with Crippen LogP contribution in [0.4, 0.5) is 0 Å². The van der Waals surface area contributed by atoms with Crippen LogP contribution in [0.2, 0.25) is 0 Å². The Labute approximate surface area is 92.4 Å². The van der Waals surface area contributed by atoms with Crippen LogP contribution in [0.3, 0.4) is 0 Å². The minimum atomic E-state index is 0.478. The molecule has 76 valence electrons. The van der Waals surface area contributed by atoms with Crippen LogP contribution < -0.4 is 21.2 Å². The van der Waals surface area contributed by atoms with Crippen LogP contribution in [0.15, 0.2) is 12.2 Å². The van der Waals surface area contributed by atoms with Crippen LogP contribution in [0.5, 0.6) is 0 Å². The summed E-state index contributed by atoms with van der Waals surface area (Å²) < 4.78 is 1.14. The molecule has 2 aliphatic carbocycles. The van der Waals surface area contributed by atoms with E-state index in [2.05, 4.69) is 24.0 Å². The van der Waals surface area contributed by atoms with Crippen molar-refractivity contribution in [2.75, 3.05) is 4.93 Å². The Morgan fingerprint density at radius 3 is 2.46 bits per heavy atom. The van der Waals surface area contributed by atoms with Gasteiger partial charge in [-0.05, 0) is 0 Å². The molecular weight excluding hydrogens is 271 g/mol. The molecule has 0 saturated heterocycles. The van der Waals surface area contributed by atoms with Crippen molar-refractivity contribution in [3.63, 3.8) is 0 Å². The Morgan fingerprint density at radius 1 is 1.15 bits per heavy atom. The first-order valence-corrected chi connectivity index (χ1v) is 8.86. The van der Waals surface area contributed by atoms with Gasteiger partial charge in [0.1, 0.15) is 0 Å². The summed E-state index contributed by atoms with van der Waals surface area (Å²) in [6, 6.07) is 0. The van der Waals surface area contributed by atoms with Crippen LogP contribution in [-0.2, 0) is 0 Å². The summed E-state index contributed by atoms with van der Waals surface area (Å²) in [7, 11) is 0. The SMILES string of the molecule is C[I-]C1C(C)CCC1C1CC=CC1. The van der Waals surface area contributed by atoms with Crippen LogP contribution in [0, 0.1) is 17.8 Å². The molecule has 0 aromatic carbocycles. The molecular formula is C12H20I-. The quantitative estimate of drug-likeness (QED) is 0.384. The van der Waals surface area contributed by atoms with E-state index in [0.717, 1.165) is 21.7 Å². The molecule has 0 aromatic rings. The fourth-order valence-corrected chi connectivity index (χ4v) is 6.51. The minimum absolute atomic E-state index is 0.478. The van der Waals surface area contributed by atoms with Crippen molar-refractivity contribution < 1.29 is 21.2 Å². The van der Waals surface area contributed by atoms with Gasteiger partial charge >= 0.3 is 92.6 Å². The maximum absolute atomic E-state index is 2.49. The van der Waals surface area contributed by atoms with Gasteiger partial charge < -0.3 is 0 Å². The Kier molecular flexibility index (Phi) is 3.33. The molecule has 1 heteroatoms. The van der Waals surface area contributed by atoms with E-state index in [-0.39, 0.29) is 0 Å². The maximum atomic E-state index is 2.49. The summed E-state index contributed by atoms with van der Waals surface area (Å²) in [5.74, 6) is 3.18. The van der Waals surface area contributed by atoms with Crippen LogP contribution in [0.25, 0.3) is 0 Å². The van der Waals surface area contributed by atoms with E-state index in [0.29, 0.717) is 21.2 Å². The van der Waals surface area contributed by atoms with Gasteiger partial charge in [0.25, 0.3) is 0 Å². The molecule has 1 fully saturated rings. The van der Waals surface area contributed by atoms with Gasteiger partial charge in [-0.25, -0.2) is 0 Å². The zero-order valence-electron chi connectivity index (χ0n) is 8.67. The summed E-state index contributed by atoms with van der Waals surface area (Å²) in [5.41, 5.74) is 0. The monoisotopic (exact) mass is 291 g/mol. The molecule has 0 heterocycles. The summed E-state index contributed by atoms with van der Waals surface area (Å²) in [5, 5.41) is 0. The first-order chi connectivity index (χ1) is 6.33. The van der Waals surface area contributed by atoms with Gasteiger partial charge in [0.05, 0.1) is 0 Å². The van der Waals surface area contributed by atoms with Gasteiger partial charge in [0.2, 0.25) is 0 Å². The fraction of sp³-hybridized carbons (Fsp3) is 0.833. The Bertz CT molecular complexity index is 189. The van der Waals surface area contributed by atoms with Crippen molar-refractivity contribution >= 4 is 0 Å². The molecule has 0 radical (unpaired) electrons. The molecule has 0 aromatic heterocycles. The van der Waals surface area contributed by atoms with Gasteiger partial charge in [0, 0.05) is 0 Å². The average molecular weight is 291 g/mol. The van der Waals surface area contributed by atoms with Crippen molar-refractivity contribution in [2.24, 2.45) is 17.8 Å². The number of hydrogen-bond acceptors (Lipinski definition) is 0. The van der Waals surface area contributed by atoms with Crippen molar-refractivity contribution in [3.8, 4) is 0 Å². The van der Waals surface area contributed by atoms with Gasteiger partial charge in [0.15, 0.2) is 0 Å². The third-order valence-electron chi connectivity index (χ3n) is 3.81. The molecule has 13 heavy (non-hydrogen) atoms. The van der Waals surface area contributed by atoms with Gasteiger partial charge in [-0.1, -0.05) is 0 Å². The second-order valence-electron chi connectivity index (χ2n) is 4.58. The second kappa shape index (κ2) is 4.33. The Balaban J connectivity index is 1.98. The van der Waals surface area contributed by atoms with E-state index in [4.69, 9.17) is 0 Å². The summed E-state index contributed by atoms with van der Waals surface area (Å²) in [6.45, 7) is 2.48. The molecule has 0 nitrogen and oxygen atoms in total. The number of hydrogen-bond donors (Lipinski definition) is 0. The number of alkyl halides is 2. The van der Waals surface area contributed by atoms with E-state index in [9.17, 15) is 0 Å². The normalized spacial score (nSPS) is 40.6. The van der Waals surface area contributed by atoms with Crippen molar-refractivity contribution in [2.45, 2.75) is 36.5 Å². The zero-order valence-corrected chi connectivity index (χ0v) is 10.8. The van der Waals surface area contributed by atoms with E-state index in [1.54, 1.807) is 0 Å².